The number of rotatable bonds is 4. The van der Waals surface area contributed by atoms with Crippen molar-refractivity contribution in [3.8, 4) is 0 Å². The summed E-state index contributed by atoms with van der Waals surface area (Å²) in [5.41, 5.74) is 9.08. The summed E-state index contributed by atoms with van der Waals surface area (Å²) >= 11 is 0. The maximum Gasteiger partial charge on any atom is 0.268 e. The molecule has 5 nitrogen and oxygen atoms in total. The molecule has 0 atom stereocenters. The van der Waals surface area contributed by atoms with Gasteiger partial charge in [0.2, 0.25) is 0 Å². The molecule has 2 aromatic rings. The van der Waals surface area contributed by atoms with Crippen LogP contribution >= 0.6 is 0 Å². The minimum absolute atomic E-state index is 0.126. The minimum atomic E-state index is -0.126. The molecule has 2 rings (SSSR count). The first-order chi connectivity index (χ1) is 9.49. The Morgan fingerprint density at radius 1 is 1.50 bits per heavy atom. The summed E-state index contributed by atoms with van der Waals surface area (Å²) < 4.78 is 1.88. The molecule has 0 spiro atoms. The van der Waals surface area contributed by atoms with Gasteiger partial charge < -0.3 is 15.6 Å². The summed E-state index contributed by atoms with van der Waals surface area (Å²) in [7, 11) is 0. The first-order valence-corrected chi connectivity index (χ1v) is 6.64. The molecule has 0 bridgehead atoms. The molecule has 0 aliphatic carbocycles. The molecule has 0 aromatic carbocycles. The van der Waals surface area contributed by atoms with Gasteiger partial charge in [-0.1, -0.05) is 0 Å². The van der Waals surface area contributed by atoms with Gasteiger partial charge in [-0.2, -0.15) is 0 Å². The van der Waals surface area contributed by atoms with E-state index in [0.29, 0.717) is 17.9 Å². The molecule has 0 aliphatic heterocycles. The lowest BCUT2D eigenvalue weighted by Gasteiger charge is -2.13. The lowest BCUT2D eigenvalue weighted by molar-refractivity contribution is 0.0940. The first kappa shape index (κ1) is 14.1. The van der Waals surface area contributed by atoms with Crippen LogP contribution in [0.4, 0.5) is 5.69 Å². The van der Waals surface area contributed by atoms with Crippen molar-refractivity contribution in [2.75, 3.05) is 5.73 Å². The Morgan fingerprint density at radius 2 is 2.25 bits per heavy atom. The third-order valence-electron chi connectivity index (χ3n) is 3.25. The number of nitrogen functional groups attached to an aromatic ring is 1. The summed E-state index contributed by atoms with van der Waals surface area (Å²) in [5, 5.41) is 2.91. The van der Waals surface area contributed by atoms with E-state index < -0.39 is 0 Å². The SMILES string of the molecule is Cc1ccncc1CNC(=O)c1cc(N)cn1C(C)C. The van der Waals surface area contributed by atoms with Crippen molar-refractivity contribution < 1.29 is 4.79 Å². The highest BCUT2D eigenvalue weighted by atomic mass is 16.1. The number of aryl methyl sites for hydroxylation is 1. The molecule has 0 saturated carbocycles. The fourth-order valence-corrected chi connectivity index (χ4v) is 2.06. The second kappa shape index (κ2) is 5.77. The van der Waals surface area contributed by atoms with Crippen LogP contribution in [0.15, 0.2) is 30.7 Å². The quantitative estimate of drug-likeness (QED) is 0.896. The summed E-state index contributed by atoms with van der Waals surface area (Å²) in [4.78, 5) is 16.3. The smallest absolute Gasteiger partial charge is 0.268 e. The van der Waals surface area contributed by atoms with Gasteiger partial charge in [-0.3, -0.25) is 9.78 Å². The van der Waals surface area contributed by atoms with Crippen LogP contribution in [-0.4, -0.2) is 15.5 Å². The highest BCUT2D eigenvalue weighted by molar-refractivity contribution is 5.93. The highest BCUT2D eigenvalue weighted by Gasteiger charge is 2.14. The number of nitrogens with zero attached hydrogens (tertiary/aromatic N) is 2. The van der Waals surface area contributed by atoms with E-state index in [-0.39, 0.29) is 11.9 Å². The van der Waals surface area contributed by atoms with E-state index in [9.17, 15) is 4.79 Å². The zero-order chi connectivity index (χ0) is 14.7. The van der Waals surface area contributed by atoms with Crippen molar-refractivity contribution in [1.82, 2.24) is 14.9 Å². The summed E-state index contributed by atoms with van der Waals surface area (Å²) in [6.07, 6.45) is 5.30. The third-order valence-corrected chi connectivity index (χ3v) is 3.25. The van der Waals surface area contributed by atoms with Crippen LogP contribution < -0.4 is 11.1 Å². The second-order valence-corrected chi connectivity index (χ2v) is 5.14. The maximum atomic E-state index is 12.3. The predicted octanol–water partition coefficient (Wildman–Crippen LogP) is 2.28. The monoisotopic (exact) mass is 272 g/mol. The number of carbonyl (C=O) groups is 1. The molecule has 1 amide bonds. The third kappa shape index (κ3) is 2.99. The van der Waals surface area contributed by atoms with Crippen molar-refractivity contribution in [2.24, 2.45) is 0 Å². The Hall–Kier alpha value is -2.30. The van der Waals surface area contributed by atoms with Crippen molar-refractivity contribution in [3.63, 3.8) is 0 Å². The molecule has 0 radical (unpaired) electrons. The largest absolute Gasteiger partial charge is 0.397 e. The maximum absolute atomic E-state index is 12.3. The van der Waals surface area contributed by atoms with Crippen LogP contribution in [0.5, 0.6) is 0 Å². The van der Waals surface area contributed by atoms with Crippen LogP contribution in [0.1, 0.15) is 41.5 Å². The molecular formula is C15H20N4O. The average Bonchev–Trinajstić information content (AvgIpc) is 2.80. The van der Waals surface area contributed by atoms with E-state index in [0.717, 1.165) is 11.1 Å². The van der Waals surface area contributed by atoms with E-state index >= 15 is 0 Å². The van der Waals surface area contributed by atoms with Crippen molar-refractivity contribution in [2.45, 2.75) is 33.4 Å². The number of hydrogen-bond acceptors (Lipinski definition) is 3. The Balaban J connectivity index is 2.11. The normalized spacial score (nSPS) is 10.8. The standard InChI is InChI=1S/C15H20N4O/c1-10(2)19-9-13(16)6-14(19)15(20)18-8-12-7-17-5-4-11(12)3/h4-7,9-10H,8,16H2,1-3H3,(H,18,20). The van der Waals surface area contributed by atoms with Gasteiger partial charge in [0, 0.05) is 31.2 Å². The molecule has 0 unspecified atom stereocenters. The van der Waals surface area contributed by atoms with Gasteiger partial charge in [-0.25, -0.2) is 0 Å². The van der Waals surface area contributed by atoms with Crippen LogP contribution in [0, 0.1) is 6.92 Å². The van der Waals surface area contributed by atoms with E-state index in [4.69, 9.17) is 5.73 Å². The second-order valence-electron chi connectivity index (χ2n) is 5.14. The zero-order valence-electron chi connectivity index (χ0n) is 12.1. The molecular weight excluding hydrogens is 252 g/mol. The van der Waals surface area contributed by atoms with Gasteiger partial charge >= 0.3 is 0 Å². The van der Waals surface area contributed by atoms with Gasteiger partial charge in [0.1, 0.15) is 5.69 Å². The Morgan fingerprint density at radius 3 is 2.90 bits per heavy atom. The predicted molar refractivity (Wildman–Crippen MR) is 79.4 cm³/mol. The number of carbonyl (C=O) groups excluding carboxylic acids is 1. The molecule has 2 aromatic heterocycles. The topological polar surface area (TPSA) is 72.9 Å². The first-order valence-electron chi connectivity index (χ1n) is 6.64. The van der Waals surface area contributed by atoms with Crippen LogP contribution in [0.25, 0.3) is 0 Å². The summed E-state index contributed by atoms with van der Waals surface area (Å²) in [6, 6.07) is 3.81. The molecule has 0 aliphatic rings. The summed E-state index contributed by atoms with van der Waals surface area (Å²) in [6.45, 7) is 6.49. The lowest BCUT2D eigenvalue weighted by atomic mass is 10.1. The highest BCUT2D eigenvalue weighted by Crippen LogP contribution is 2.16. The Labute approximate surface area is 118 Å². The van der Waals surface area contributed by atoms with E-state index in [1.807, 2.05) is 31.4 Å². The number of pyridine rings is 1. The van der Waals surface area contributed by atoms with Gasteiger partial charge in [0.25, 0.3) is 5.91 Å². The van der Waals surface area contributed by atoms with Crippen LogP contribution in [0.2, 0.25) is 0 Å². The number of anilines is 1. The molecule has 5 heteroatoms. The molecule has 3 N–H and O–H groups in total. The number of nitrogens with one attached hydrogen (secondary N) is 1. The average molecular weight is 272 g/mol. The Bertz CT molecular complexity index is 616. The number of amides is 1. The number of nitrogens with two attached hydrogens (primary N) is 1. The lowest BCUT2D eigenvalue weighted by Crippen LogP contribution is -2.26. The fourth-order valence-electron chi connectivity index (χ4n) is 2.06. The van der Waals surface area contributed by atoms with E-state index in [1.54, 1.807) is 24.7 Å². The van der Waals surface area contributed by atoms with Gasteiger partial charge in [0.15, 0.2) is 0 Å². The molecule has 0 fully saturated rings. The van der Waals surface area contributed by atoms with Crippen LogP contribution in [0.3, 0.4) is 0 Å². The number of aromatic nitrogens is 2. The molecule has 20 heavy (non-hydrogen) atoms. The van der Waals surface area contributed by atoms with Crippen molar-refractivity contribution >= 4 is 11.6 Å². The van der Waals surface area contributed by atoms with Gasteiger partial charge in [-0.15, -0.1) is 0 Å². The van der Waals surface area contributed by atoms with Crippen LogP contribution in [-0.2, 0) is 6.54 Å². The summed E-state index contributed by atoms with van der Waals surface area (Å²) in [5.74, 6) is -0.126. The minimum Gasteiger partial charge on any atom is -0.397 e. The Kier molecular flexibility index (Phi) is 4.08. The molecule has 2 heterocycles. The van der Waals surface area contributed by atoms with Crippen molar-refractivity contribution in [3.05, 3.63) is 47.5 Å². The molecule has 0 saturated heterocycles. The fraction of sp³-hybridized carbons (Fsp3) is 0.333. The van der Waals surface area contributed by atoms with Gasteiger partial charge in [-0.05, 0) is 44.0 Å². The van der Waals surface area contributed by atoms with Gasteiger partial charge in [0.05, 0.1) is 5.69 Å². The van der Waals surface area contributed by atoms with E-state index in [2.05, 4.69) is 10.3 Å². The zero-order valence-corrected chi connectivity index (χ0v) is 12.1. The van der Waals surface area contributed by atoms with Crippen molar-refractivity contribution in [1.29, 1.82) is 0 Å². The molecule has 106 valence electrons. The van der Waals surface area contributed by atoms with E-state index in [1.165, 1.54) is 0 Å². The number of hydrogen-bond donors (Lipinski definition) is 2.